The van der Waals surface area contributed by atoms with Crippen molar-refractivity contribution in [3.63, 3.8) is 0 Å². The van der Waals surface area contributed by atoms with Gasteiger partial charge in [0.2, 0.25) is 0 Å². The van der Waals surface area contributed by atoms with Gasteiger partial charge in [0.1, 0.15) is 0 Å². The average Bonchev–Trinajstić information content (AvgIpc) is 2.51. The Bertz CT molecular complexity index is 275. The molecule has 0 bridgehead atoms. The number of rotatable bonds is 13. The Morgan fingerprint density at radius 2 is 1.09 bits per heavy atom. The van der Waals surface area contributed by atoms with Crippen molar-refractivity contribution in [3.8, 4) is 0 Å². The van der Waals surface area contributed by atoms with Gasteiger partial charge in [-0.15, -0.1) is 0 Å². The van der Waals surface area contributed by atoms with Crippen LogP contribution in [-0.4, -0.2) is 50.6 Å². The maximum Gasteiger partial charge on any atom is 0.338 e. The predicted octanol–water partition coefficient (Wildman–Crippen LogP) is 2.48. The first-order valence-corrected chi connectivity index (χ1v) is 8.18. The standard InChI is InChI=1S/C16H30O6/c1-5-9-11-21-15(17)13(19-7-3)14(20-8-4)16(18)22-12-10-6-2/h13-14H,5-12H2,1-4H3. The van der Waals surface area contributed by atoms with Crippen LogP contribution in [0.4, 0.5) is 0 Å². The second-order valence-electron chi connectivity index (χ2n) is 4.79. The van der Waals surface area contributed by atoms with Gasteiger partial charge in [0, 0.05) is 13.2 Å². The second-order valence-corrected chi connectivity index (χ2v) is 4.79. The van der Waals surface area contributed by atoms with Crippen LogP contribution in [0.5, 0.6) is 0 Å². The summed E-state index contributed by atoms with van der Waals surface area (Å²) in [7, 11) is 0. The van der Waals surface area contributed by atoms with Gasteiger partial charge in [0.15, 0.2) is 12.2 Å². The quantitative estimate of drug-likeness (QED) is 0.384. The molecule has 0 spiro atoms. The van der Waals surface area contributed by atoms with Gasteiger partial charge in [-0.3, -0.25) is 0 Å². The number of ether oxygens (including phenoxy) is 4. The molecule has 2 atom stereocenters. The molecule has 0 aromatic heterocycles. The number of carbonyl (C=O) groups is 2. The van der Waals surface area contributed by atoms with Crippen LogP contribution in [0.25, 0.3) is 0 Å². The fourth-order valence-electron chi connectivity index (χ4n) is 1.72. The zero-order valence-corrected chi connectivity index (χ0v) is 14.3. The Balaban J connectivity index is 4.76. The van der Waals surface area contributed by atoms with Gasteiger partial charge in [-0.25, -0.2) is 9.59 Å². The highest BCUT2D eigenvalue weighted by molar-refractivity contribution is 5.85. The summed E-state index contributed by atoms with van der Waals surface area (Å²) in [5, 5.41) is 0. The summed E-state index contributed by atoms with van der Waals surface area (Å²) < 4.78 is 21.0. The van der Waals surface area contributed by atoms with Gasteiger partial charge >= 0.3 is 11.9 Å². The highest BCUT2D eigenvalue weighted by Crippen LogP contribution is 2.11. The van der Waals surface area contributed by atoms with Gasteiger partial charge in [-0.2, -0.15) is 0 Å². The molecule has 0 rings (SSSR count). The number of esters is 2. The van der Waals surface area contributed by atoms with Crippen molar-refractivity contribution in [2.75, 3.05) is 26.4 Å². The van der Waals surface area contributed by atoms with E-state index in [1.807, 2.05) is 13.8 Å². The fourth-order valence-corrected chi connectivity index (χ4v) is 1.72. The molecule has 0 saturated heterocycles. The first kappa shape index (κ1) is 20.9. The summed E-state index contributed by atoms with van der Waals surface area (Å²) >= 11 is 0. The van der Waals surface area contributed by atoms with E-state index >= 15 is 0 Å². The van der Waals surface area contributed by atoms with Crippen LogP contribution < -0.4 is 0 Å². The minimum atomic E-state index is -1.09. The van der Waals surface area contributed by atoms with Crippen molar-refractivity contribution in [3.05, 3.63) is 0 Å². The topological polar surface area (TPSA) is 71.1 Å². The summed E-state index contributed by atoms with van der Waals surface area (Å²) in [6.45, 7) is 8.67. The van der Waals surface area contributed by atoms with E-state index in [4.69, 9.17) is 18.9 Å². The number of carbonyl (C=O) groups excluding carboxylic acids is 2. The molecule has 6 nitrogen and oxygen atoms in total. The summed E-state index contributed by atoms with van der Waals surface area (Å²) in [5.74, 6) is -1.16. The molecule has 130 valence electrons. The first-order chi connectivity index (χ1) is 10.6. The largest absolute Gasteiger partial charge is 0.464 e. The highest BCUT2D eigenvalue weighted by atomic mass is 16.6. The molecule has 22 heavy (non-hydrogen) atoms. The minimum absolute atomic E-state index is 0.277. The van der Waals surface area contributed by atoms with Gasteiger partial charge in [0.25, 0.3) is 0 Å². The third kappa shape index (κ3) is 8.34. The molecule has 6 heteroatoms. The van der Waals surface area contributed by atoms with Gasteiger partial charge in [-0.05, 0) is 26.7 Å². The van der Waals surface area contributed by atoms with Crippen LogP contribution in [0.1, 0.15) is 53.4 Å². The van der Waals surface area contributed by atoms with Crippen molar-refractivity contribution in [1.29, 1.82) is 0 Å². The monoisotopic (exact) mass is 318 g/mol. The summed E-state index contributed by atoms with van der Waals surface area (Å²) in [6, 6.07) is 0. The van der Waals surface area contributed by atoms with E-state index in [0.29, 0.717) is 13.2 Å². The Morgan fingerprint density at radius 3 is 1.36 bits per heavy atom. The average molecular weight is 318 g/mol. The number of hydrogen-bond acceptors (Lipinski definition) is 6. The van der Waals surface area contributed by atoms with Crippen molar-refractivity contribution in [2.24, 2.45) is 0 Å². The van der Waals surface area contributed by atoms with E-state index in [-0.39, 0.29) is 13.2 Å². The normalized spacial score (nSPS) is 13.5. The molecule has 0 aliphatic carbocycles. The van der Waals surface area contributed by atoms with E-state index < -0.39 is 24.1 Å². The van der Waals surface area contributed by atoms with Crippen molar-refractivity contribution in [1.82, 2.24) is 0 Å². The number of unbranched alkanes of at least 4 members (excludes halogenated alkanes) is 2. The smallest absolute Gasteiger partial charge is 0.338 e. The minimum Gasteiger partial charge on any atom is -0.464 e. The van der Waals surface area contributed by atoms with Crippen LogP contribution in [0.3, 0.4) is 0 Å². The molecular weight excluding hydrogens is 288 g/mol. The third-order valence-electron chi connectivity index (χ3n) is 2.92. The lowest BCUT2D eigenvalue weighted by molar-refractivity contribution is -0.182. The lowest BCUT2D eigenvalue weighted by atomic mass is 10.2. The Morgan fingerprint density at radius 1 is 0.727 bits per heavy atom. The highest BCUT2D eigenvalue weighted by Gasteiger charge is 2.37. The molecule has 0 fully saturated rings. The molecular formula is C16H30O6. The van der Waals surface area contributed by atoms with Crippen molar-refractivity contribution < 1.29 is 28.5 Å². The molecule has 0 aromatic carbocycles. The first-order valence-electron chi connectivity index (χ1n) is 8.18. The predicted molar refractivity (Wildman–Crippen MR) is 82.6 cm³/mol. The van der Waals surface area contributed by atoms with Crippen LogP contribution in [0.2, 0.25) is 0 Å². The molecule has 0 amide bonds. The van der Waals surface area contributed by atoms with Crippen LogP contribution >= 0.6 is 0 Å². The lowest BCUT2D eigenvalue weighted by Crippen LogP contribution is -2.45. The van der Waals surface area contributed by atoms with E-state index in [0.717, 1.165) is 25.7 Å². The molecule has 0 N–H and O–H groups in total. The maximum absolute atomic E-state index is 12.1. The molecule has 0 saturated carbocycles. The van der Waals surface area contributed by atoms with E-state index in [1.165, 1.54) is 0 Å². The molecule has 0 aliphatic heterocycles. The number of hydrogen-bond donors (Lipinski definition) is 0. The molecule has 0 heterocycles. The molecule has 0 radical (unpaired) electrons. The van der Waals surface area contributed by atoms with Crippen molar-refractivity contribution in [2.45, 2.75) is 65.6 Å². The second kappa shape index (κ2) is 13.5. The third-order valence-corrected chi connectivity index (χ3v) is 2.92. The summed E-state index contributed by atoms with van der Waals surface area (Å²) in [5.41, 5.74) is 0. The molecule has 0 aromatic rings. The van der Waals surface area contributed by atoms with Crippen LogP contribution in [0.15, 0.2) is 0 Å². The van der Waals surface area contributed by atoms with Gasteiger partial charge < -0.3 is 18.9 Å². The summed E-state index contributed by atoms with van der Waals surface area (Å²) in [4.78, 5) is 24.2. The van der Waals surface area contributed by atoms with Crippen LogP contribution in [-0.2, 0) is 28.5 Å². The van der Waals surface area contributed by atoms with E-state index in [1.54, 1.807) is 13.8 Å². The molecule has 2 unspecified atom stereocenters. The zero-order chi connectivity index (χ0) is 16.8. The van der Waals surface area contributed by atoms with E-state index in [9.17, 15) is 9.59 Å². The van der Waals surface area contributed by atoms with E-state index in [2.05, 4.69) is 0 Å². The Labute approximate surface area is 133 Å². The Hall–Kier alpha value is -1.14. The van der Waals surface area contributed by atoms with Crippen LogP contribution in [0, 0.1) is 0 Å². The lowest BCUT2D eigenvalue weighted by Gasteiger charge is -2.24. The van der Waals surface area contributed by atoms with Gasteiger partial charge in [-0.1, -0.05) is 26.7 Å². The SMILES string of the molecule is CCCCOC(=O)C(OCC)C(OCC)C(=O)OCCCC. The molecule has 0 aliphatic rings. The van der Waals surface area contributed by atoms with Gasteiger partial charge in [0.05, 0.1) is 13.2 Å². The van der Waals surface area contributed by atoms with Crippen molar-refractivity contribution >= 4 is 11.9 Å². The summed E-state index contributed by atoms with van der Waals surface area (Å²) in [6.07, 6.45) is 1.20. The Kier molecular flexibility index (Phi) is 12.8. The zero-order valence-electron chi connectivity index (χ0n) is 14.3. The maximum atomic E-state index is 12.1. The fraction of sp³-hybridized carbons (Fsp3) is 0.875.